The van der Waals surface area contributed by atoms with Crippen molar-refractivity contribution in [3.05, 3.63) is 47.5 Å². The van der Waals surface area contributed by atoms with Gasteiger partial charge in [-0.15, -0.1) is 0 Å². The van der Waals surface area contributed by atoms with E-state index in [2.05, 4.69) is 20.3 Å². The third kappa shape index (κ3) is 3.47. The smallest absolute Gasteiger partial charge is 0.232 e. The third-order valence-electron chi connectivity index (χ3n) is 3.18. The summed E-state index contributed by atoms with van der Waals surface area (Å²) in [6, 6.07) is 11.9. The number of hydrogen-bond donors (Lipinski definition) is 3. The zero-order valence-electron chi connectivity index (χ0n) is 12.7. The number of ether oxygens (including phenoxy) is 1. The molecule has 3 rings (SSSR count). The second-order valence-electron chi connectivity index (χ2n) is 4.86. The number of anilines is 3. The minimum Gasteiger partial charge on any atom is -0.507 e. The number of nitrogens with two attached hydrogens (primary N) is 1. The second-order valence-corrected chi connectivity index (χ2v) is 5.30. The lowest BCUT2D eigenvalue weighted by atomic mass is 10.2. The molecule has 0 unspecified atom stereocenters. The van der Waals surface area contributed by atoms with E-state index in [1.165, 1.54) is 6.07 Å². The van der Waals surface area contributed by atoms with Gasteiger partial charge in [0.05, 0.1) is 12.7 Å². The van der Waals surface area contributed by atoms with Crippen molar-refractivity contribution < 1.29 is 9.84 Å². The Balaban J connectivity index is 1.98. The molecule has 8 heteroatoms. The summed E-state index contributed by atoms with van der Waals surface area (Å²) >= 11 is 5.97. The number of rotatable bonds is 4. The average Bonchev–Trinajstić information content (AvgIpc) is 2.56. The first-order valence-electron chi connectivity index (χ1n) is 6.96. The van der Waals surface area contributed by atoms with Crippen LogP contribution in [0.5, 0.6) is 11.5 Å². The number of aromatic hydroxyl groups is 1. The van der Waals surface area contributed by atoms with Gasteiger partial charge in [-0.3, -0.25) is 0 Å². The molecule has 0 spiro atoms. The van der Waals surface area contributed by atoms with E-state index in [9.17, 15) is 5.11 Å². The predicted molar refractivity (Wildman–Crippen MR) is 92.6 cm³/mol. The standard InChI is InChI=1S/C16H14ClN5O2/c1-24-11-4-2-3-10(8-11)19-16-21-14(20-15(18)22-16)12-7-9(17)5-6-13(12)23/h2-8,23H,1H3,(H3,18,19,20,21,22). The lowest BCUT2D eigenvalue weighted by Gasteiger charge is -2.09. The molecular formula is C16H14ClN5O2. The van der Waals surface area contributed by atoms with Gasteiger partial charge in [-0.2, -0.15) is 15.0 Å². The maximum atomic E-state index is 9.99. The van der Waals surface area contributed by atoms with E-state index in [-0.39, 0.29) is 23.5 Å². The quantitative estimate of drug-likeness (QED) is 0.667. The zero-order chi connectivity index (χ0) is 17.1. The van der Waals surface area contributed by atoms with Gasteiger partial charge < -0.3 is 20.9 Å². The number of nitrogens with one attached hydrogen (secondary N) is 1. The largest absolute Gasteiger partial charge is 0.507 e. The molecular weight excluding hydrogens is 330 g/mol. The first kappa shape index (κ1) is 15.8. The van der Waals surface area contributed by atoms with Crippen LogP contribution in [0.15, 0.2) is 42.5 Å². The molecule has 24 heavy (non-hydrogen) atoms. The number of phenols is 1. The molecule has 2 aromatic carbocycles. The molecule has 1 aromatic heterocycles. The molecule has 3 aromatic rings. The molecule has 0 radical (unpaired) electrons. The molecule has 1 heterocycles. The van der Waals surface area contributed by atoms with Gasteiger partial charge in [0, 0.05) is 16.8 Å². The van der Waals surface area contributed by atoms with E-state index in [0.29, 0.717) is 16.3 Å². The van der Waals surface area contributed by atoms with Crippen LogP contribution in [-0.2, 0) is 0 Å². The molecule has 0 aliphatic carbocycles. The van der Waals surface area contributed by atoms with Crippen LogP contribution in [0.4, 0.5) is 17.6 Å². The third-order valence-corrected chi connectivity index (χ3v) is 3.41. The number of nitrogen functional groups attached to an aromatic ring is 1. The first-order chi connectivity index (χ1) is 11.5. The van der Waals surface area contributed by atoms with Gasteiger partial charge in [-0.25, -0.2) is 0 Å². The van der Waals surface area contributed by atoms with Crippen molar-refractivity contribution in [2.24, 2.45) is 0 Å². The van der Waals surface area contributed by atoms with Crippen molar-refractivity contribution in [3.63, 3.8) is 0 Å². The van der Waals surface area contributed by atoms with E-state index in [4.69, 9.17) is 22.1 Å². The highest BCUT2D eigenvalue weighted by molar-refractivity contribution is 6.30. The molecule has 0 bridgehead atoms. The Kier molecular flexibility index (Phi) is 4.35. The Labute approximate surface area is 143 Å². The van der Waals surface area contributed by atoms with Crippen molar-refractivity contribution >= 4 is 29.2 Å². The number of halogens is 1. The Bertz CT molecular complexity index is 888. The van der Waals surface area contributed by atoms with Crippen LogP contribution in [0.25, 0.3) is 11.4 Å². The fourth-order valence-corrected chi connectivity index (χ4v) is 2.26. The minimum atomic E-state index is -0.00247. The van der Waals surface area contributed by atoms with Crippen LogP contribution in [0.3, 0.4) is 0 Å². The summed E-state index contributed by atoms with van der Waals surface area (Å²) < 4.78 is 5.17. The molecule has 0 saturated carbocycles. The van der Waals surface area contributed by atoms with Gasteiger partial charge >= 0.3 is 0 Å². The van der Waals surface area contributed by atoms with E-state index in [1.54, 1.807) is 25.3 Å². The number of aromatic nitrogens is 3. The number of phenolic OH excluding ortho intramolecular Hbond substituents is 1. The highest BCUT2D eigenvalue weighted by Gasteiger charge is 2.12. The molecule has 0 aliphatic heterocycles. The van der Waals surface area contributed by atoms with Crippen molar-refractivity contribution in [2.75, 3.05) is 18.2 Å². The summed E-state index contributed by atoms with van der Waals surface area (Å²) in [5.74, 6) is 1.16. The minimum absolute atomic E-state index is 0.00247. The Morgan fingerprint density at radius 3 is 2.75 bits per heavy atom. The van der Waals surface area contributed by atoms with Gasteiger partial charge in [0.2, 0.25) is 11.9 Å². The van der Waals surface area contributed by atoms with E-state index in [0.717, 1.165) is 5.69 Å². The number of hydrogen-bond acceptors (Lipinski definition) is 7. The van der Waals surface area contributed by atoms with E-state index in [1.807, 2.05) is 18.2 Å². The predicted octanol–water partition coefficient (Wildman–Crippen LogP) is 3.23. The number of methoxy groups -OCH3 is 1. The molecule has 7 nitrogen and oxygen atoms in total. The molecule has 0 fully saturated rings. The lowest BCUT2D eigenvalue weighted by Crippen LogP contribution is -2.05. The van der Waals surface area contributed by atoms with Crippen molar-refractivity contribution in [3.8, 4) is 22.9 Å². The van der Waals surface area contributed by atoms with Crippen molar-refractivity contribution in [2.45, 2.75) is 0 Å². The summed E-state index contributed by atoms with van der Waals surface area (Å²) in [7, 11) is 1.58. The van der Waals surface area contributed by atoms with Gasteiger partial charge in [0.15, 0.2) is 5.82 Å². The second kappa shape index (κ2) is 6.59. The number of nitrogens with zero attached hydrogens (tertiary/aromatic N) is 3. The monoisotopic (exact) mass is 343 g/mol. The van der Waals surface area contributed by atoms with E-state index < -0.39 is 0 Å². The van der Waals surface area contributed by atoms with Gasteiger partial charge in [-0.1, -0.05) is 17.7 Å². The molecule has 4 N–H and O–H groups in total. The van der Waals surface area contributed by atoms with Crippen LogP contribution in [0.2, 0.25) is 5.02 Å². The highest BCUT2D eigenvalue weighted by Crippen LogP contribution is 2.30. The molecule has 0 amide bonds. The summed E-state index contributed by atoms with van der Waals surface area (Å²) in [6.45, 7) is 0. The van der Waals surface area contributed by atoms with Gasteiger partial charge in [-0.05, 0) is 30.3 Å². The Hall–Kier alpha value is -3.06. The average molecular weight is 344 g/mol. The van der Waals surface area contributed by atoms with Gasteiger partial charge in [0.25, 0.3) is 0 Å². The van der Waals surface area contributed by atoms with Gasteiger partial charge in [0.1, 0.15) is 11.5 Å². The fourth-order valence-electron chi connectivity index (χ4n) is 2.09. The highest BCUT2D eigenvalue weighted by atomic mass is 35.5. The van der Waals surface area contributed by atoms with Crippen LogP contribution >= 0.6 is 11.6 Å². The molecule has 0 saturated heterocycles. The van der Waals surface area contributed by atoms with E-state index >= 15 is 0 Å². The summed E-state index contributed by atoms with van der Waals surface area (Å²) in [5, 5.41) is 13.5. The van der Waals surface area contributed by atoms with Crippen LogP contribution in [-0.4, -0.2) is 27.2 Å². The Morgan fingerprint density at radius 1 is 1.12 bits per heavy atom. The van der Waals surface area contributed by atoms with Crippen molar-refractivity contribution in [1.82, 2.24) is 15.0 Å². The maximum absolute atomic E-state index is 9.99. The van der Waals surface area contributed by atoms with Crippen molar-refractivity contribution in [1.29, 1.82) is 0 Å². The summed E-state index contributed by atoms with van der Waals surface area (Å²) in [5.41, 5.74) is 6.84. The Morgan fingerprint density at radius 2 is 1.96 bits per heavy atom. The molecule has 0 atom stereocenters. The summed E-state index contributed by atoms with van der Waals surface area (Å²) in [6.07, 6.45) is 0. The maximum Gasteiger partial charge on any atom is 0.232 e. The molecule has 122 valence electrons. The SMILES string of the molecule is COc1cccc(Nc2nc(N)nc(-c3cc(Cl)ccc3O)n2)c1. The fraction of sp³-hybridized carbons (Fsp3) is 0.0625. The number of benzene rings is 2. The topological polar surface area (TPSA) is 106 Å². The molecule has 0 aliphatic rings. The lowest BCUT2D eigenvalue weighted by molar-refractivity contribution is 0.415. The van der Waals surface area contributed by atoms with Crippen LogP contribution < -0.4 is 15.8 Å². The zero-order valence-corrected chi connectivity index (χ0v) is 13.4. The van der Waals surface area contributed by atoms with Crippen LogP contribution in [0.1, 0.15) is 0 Å². The normalized spacial score (nSPS) is 10.4. The first-order valence-corrected chi connectivity index (χ1v) is 7.34. The van der Waals surface area contributed by atoms with Crippen LogP contribution in [0, 0.1) is 0 Å². The summed E-state index contributed by atoms with van der Waals surface area (Å²) in [4.78, 5) is 12.4.